The number of pyridine rings is 1. The van der Waals surface area contributed by atoms with E-state index >= 15 is 0 Å². The van der Waals surface area contributed by atoms with Crippen LogP contribution in [0.15, 0.2) is 18.3 Å². The molecular weight excluding hydrogens is 188 g/mol. The Balaban J connectivity index is 2.81. The molecule has 4 nitrogen and oxygen atoms in total. The largest absolute Gasteiger partial charge is 0.480 e. The summed E-state index contributed by atoms with van der Waals surface area (Å²) >= 11 is 4.95. The van der Waals surface area contributed by atoms with Crippen molar-refractivity contribution in [3.8, 4) is 0 Å². The van der Waals surface area contributed by atoms with Crippen LogP contribution in [0.2, 0.25) is 0 Å². The van der Waals surface area contributed by atoms with Crippen molar-refractivity contribution in [1.29, 1.82) is 0 Å². The second-order valence-corrected chi connectivity index (χ2v) is 3.08. The van der Waals surface area contributed by atoms with E-state index in [1.54, 1.807) is 18.3 Å². The molecule has 70 valence electrons. The number of aromatic amines is 1. The van der Waals surface area contributed by atoms with Gasteiger partial charge in [0.05, 0.1) is 0 Å². The lowest BCUT2D eigenvalue weighted by Gasteiger charge is -2.05. The predicted molar refractivity (Wildman–Crippen MR) is 50.9 cm³/mol. The summed E-state index contributed by atoms with van der Waals surface area (Å²) in [5, 5.41) is 8.56. The molecule has 0 saturated heterocycles. The Kier molecular flexibility index (Phi) is 3.16. The van der Waals surface area contributed by atoms with Gasteiger partial charge in [0, 0.05) is 12.6 Å². The molecule has 1 heterocycles. The van der Waals surface area contributed by atoms with Crippen molar-refractivity contribution < 1.29 is 9.90 Å². The molecule has 0 radical (unpaired) electrons. The summed E-state index contributed by atoms with van der Waals surface area (Å²) in [6.07, 6.45) is 1.95. The minimum Gasteiger partial charge on any atom is -0.480 e. The molecule has 1 atom stereocenters. The standard InChI is InChI=1S/C8H10N2O2S/c9-6(8(11)12)4-5-2-1-3-10-7(5)13/h1-3,6H,4,9H2,(H,10,13)(H,11,12). The highest BCUT2D eigenvalue weighted by Gasteiger charge is 2.12. The van der Waals surface area contributed by atoms with Gasteiger partial charge in [0.25, 0.3) is 0 Å². The Morgan fingerprint density at radius 1 is 1.77 bits per heavy atom. The van der Waals surface area contributed by atoms with Gasteiger partial charge in [-0.25, -0.2) is 0 Å². The molecule has 1 aromatic heterocycles. The lowest BCUT2D eigenvalue weighted by atomic mass is 10.1. The fourth-order valence-electron chi connectivity index (χ4n) is 0.941. The number of hydrogen-bond donors (Lipinski definition) is 3. The van der Waals surface area contributed by atoms with Gasteiger partial charge in [-0.3, -0.25) is 4.79 Å². The fraction of sp³-hybridized carbons (Fsp3) is 0.250. The van der Waals surface area contributed by atoms with Crippen molar-refractivity contribution in [3.05, 3.63) is 28.5 Å². The van der Waals surface area contributed by atoms with E-state index in [1.807, 2.05) is 0 Å². The molecule has 0 spiro atoms. The van der Waals surface area contributed by atoms with Crippen LogP contribution in [-0.4, -0.2) is 22.1 Å². The fourth-order valence-corrected chi connectivity index (χ4v) is 1.16. The van der Waals surface area contributed by atoms with Gasteiger partial charge in [-0.1, -0.05) is 18.3 Å². The van der Waals surface area contributed by atoms with E-state index in [-0.39, 0.29) is 6.42 Å². The molecule has 0 aliphatic carbocycles. The van der Waals surface area contributed by atoms with Gasteiger partial charge < -0.3 is 15.8 Å². The Morgan fingerprint density at radius 3 is 3.00 bits per heavy atom. The third-order valence-electron chi connectivity index (χ3n) is 1.66. The van der Waals surface area contributed by atoms with E-state index in [0.717, 1.165) is 5.56 Å². The molecule has 0 saturated carbocycles. The van der Waals surface area contributed by atoms with Crippen molar-refractivity contribution in [1.82, 2.24) is 4.98 Å². The molecule has 0 bridgehead atoms. The van der Waals surface area contributed by atoms with Gasteiger partial charge in [0.1, 0.15) is 10.7 Å². The quantitative estimate of drug-likeness (QED) is 0.624. The van der Waals surface area contributed by atoms with Crippen LogP contribution in [0.4, 0.5) is 0 Å². The maximum absolute atomic E-state index is 10.4. The van der Waals surface area contributed by atoms with Crippen LogP contribution in [0.1, 0.15) is 5.56 Å². The molecule has 5 heteroatoms. The summed E-state index contributed by atoms with van der Waals surface area (Å²) in [4.78, 5) is 13.3. The second-order valence-electron chi connectivity index (χ2n) is 2.67. The number of carbonyl (C=O) groups is 1. The van der Waals surface area contributed by atoms with Crippen molar-refractivity contribution in [2.24, 2.45) is 5.73 Å². The topological polar surface area (TPSA) is 79.1 Å². The number of carboxylic acids is 1. The first kappa shape index (κ1) is 9.88. The van der Waals surface area contributed by atoms with E-state index in [4.69, 9.17) is 23.1 Å². The van der Waals surface area contributed by atoms with E-state index < -0.39 is 12.0 Å². The molecule has 0 aliphatic heterocycles. The summed E-state index contributed by atoms with van der Waals surface area (Å²) < 4.78 is 0.541. The van der Waals surface area contributed by atoms with E-state index in [9.17, 15) is 4.79 Å². The third kappa shape index (κ3) is 2.64. The highest BCUT2D eigenvalue weighted by molar-refractivity contribution is 7.71. The minimum absolute atomic E-state index is 0.255. The first-order valence-electron chi connectivity index (χ1n) is 3.76. The lowest BCUT2D eigenvalue weighted by molar-refractivity contribution is -0.138. The van der Waals surface area contributed by atoms with Gasteiger partial charge in [-0.15, -0.1) is 0 Å². The predicted octanol–water partition coefficient (Wildman–Crippen LogP) is 0.699. The Labute approximate surface area is 80.4 Å². The molecule has 1 aromatic rings. The third-order valence-corrected chi connectivity index (χ3v) is 2.04. The maximum atomic E-state index is 10.4. The normalized spacial score (nSPS) is 12.4. The summed E-state index contributed by atoms with van der Waals surface area (Å²) in [7, 11) is 0. The summed E-state index contributed by atoms with van der Waals surface area (Å²) in [6.45, 7) is 0. The van der Waals surface area contributed by atoms with Crippen molar-refractivity contribution in [2.75, 3.05) is 0 Å². The highest BCUT2D eigenvalue weighted by Crippen LogP contribution is 2.02. The molecular formula is C8H10N2O2S. The zero-order valence-corrected chi connectivity index (χ0v) is 7.67. The van der Waals surface area contributed by atoms with E-state index in [0.29, 0.717) is 4.64 Å². The first-order chi connectivity index (χ1) is 6.11. The van der Waals surface area contributed by atoms with E-state index in [2.05, 4.69) is 4.98 Å². The zero-order chi connectivity index (χ0) is 9.84. The van der Waals surface area contributed by atoms with Crippen LogP contribution in [0.25, 0.3) is 0 Å². The highest BCUT2D eigenvalue weighted by atomic mass is 32.1. The number of H-pyrrole nitrogens is 1. The number of aliphatic carboxylic acids is 1. The van der Waals surface area contributed by atoms with Gasteiger partial charge in [-0.2, -0.15) is 0 Å². The van der Waals surface area contributed by atoms with Crippen molar-refractivity contribution in [2.45, 2.75) is 12.5 Å². The molecule has 0 aromatic carbocycles. The summed E-state index contributed by atoms with van der Waals surface area (Å²) in [5.74, 6) is -1.02. The SMILES string of the molecule is NC(Cc1ccc[nH]c1=S)C(=O)O. The monoisotopic (exact) mass is 198 g/mol. The number of rotatable bonds is 3. The Morgan fingerprint density at radius 2 is 2.46 bits per heavy atom. The molecule has 1 unspecified atom stereocenters. The van der Waals surface area contributed by atoms with Gasteiger partial charge >= 0.3 is 5.97 Å². The number of nitrogens with one attached hydrogen (secondary N) is 1. The van der Waals surface area contributed by atoms with E-state index in [1.165, 1.54) is 0 Å². The molecule has 13 heavy (non-hydrogen) atoms. The smallest absolute Gasteiger partial charge is 0.320 e. The summed E-state index contributed by atoms with van der Waals surface area (Å²) in [5.41, 5.74) is 6.11. The van der Waals surface area contributed by atoms with Gasteiger partial charge in [0.15, 0.2) is 0 Å². The number of hydrogen-bond acceptors (Lipinski definition) is 3. The van der Waals surface area contributed by atoms with Crippen LogP contribution >= 0.6 is 12.2 Å². The molecule has 0 amide bonds. The van der Waals surface area contributed by atoms with Crippen molar-refractivity contribution >= 4 is 18.2 Å². The summed E-state index contributed by atoms with van der Waals surface area (Å²) in [6, 6.07) is 2.64. The average molecular weight is 198 g/mol. The minimum atomic E-state index is -1.02. The molecule has 1 rings (SSSR count). The maximum Gasteiger partial charge on any atom is 0.320 e. The first-order valence-corrected chi connectivity index (χ1v) is 4.17. The van der Waals surface area contributed by atoms with Crippen molar-refractivity contribution in [3.63, 3.8) is 0 Å². The Bertz CT molecular complexity index is 361. The van der Waals surface area contributed by atoms with Crippen LogP contribution in [0.5, 0.6) is 0 Å². The van der Waals surface area contributed by atoms with Gasteiger partial charge in [0.2, 0.25) is 0 Å². The molecule has 4 N–H and O–H groups in total. The van der Waals surface area contributed by atoms with Gasteiger partial charge in [-0.05, 0) is 11.6 Å². The lowest BCUT2D eigenvalue weighted by Crippen LogP contribution is -2.32. The second kappa shape index (κ2) is 4.15. The Hall–Kier alpha value is -1.20. The molecule has 0 fully saturated rings. The average Bonchev–Trinajstić information content (AvgIpc) is 2.08. The number of nitrogens with two attached hydrogens (primary N) is 1. The number of carboxylic acid groups (broad SMARTS) is 1. The van der Waals surface area contributed by atoms with Crippen LogP contribution in [0, 0.1) is 4.64 Å². The zero-order valence-electron chi connectivity index (χ0n) is 6.86. The number of aromatic nitrogens is 1. The van der Waals surface area contributed by atoms with Crippen LogP contribution in [-0.2, 0) is 11.2 Å². The van der Waals surface area contributed by atoms with Crippen LogP contribution < -0.4 is 5.73 Å². The molecule has 0 aliphatic rings. The van der Waals surface area contributed by atoms with Crippen LogP contribution in [0.3, 0.4) is 0 Å².